The van der Waals surface area contributed by atoms with Crippen LogP contribution in [0.15, 0.2) is 66.7 Å². The number of anilines is 1. The summed E-state index contributed by atoms with van der Waals surface area (Å²) < 4.78 is 0. The zero-order valence-electron chi connectivity index (χ0n) is 14.2. The summed E-state index contributed by atoms with van der Waals surface area (Å²) in [6.07, 6.45) is 2.23. The van der Waals surface area contributed by atoms with Crippen LogP contribution in [-0.2, 0) is 0 Å². The molecule has 1 fully saturated rings. The van der Waals surface area contributed by atoms with E-state index >= 15 is 0 Å². The summed E-state index contributed by atoms with van der Waals surface area (Å²) in [6, 6.07) is 23.0. The van der Waals surface area contributed by atoms with Crippen LogP contribution in [0.25, 0.3) is 22.6 Å². The van der Waals surface area contributed by atoms with Crippen molar-refractivity contribution in [3.05, 3.63) is 66.7 Å². The van der Waals surface area contributed by atoms with Gasteiger partial charge in [0.2, 0.25) is 0 Å². The van der Waals surface area contributed by atoms with Crippen molar-refractivity contribution >= 4 is 5.82 Å². The summed E-state index contributed by atoms with van der Waals surface area (Å²) >= 11 is 0. The first-order valence-corrected chi connectivity index (χ1v) is 8.86. The molecule has 25 heavy (non-hydrogen) atoms. The lowest BCUT2D eigenvalue weighted by Gasteiger charge is -2.24. The topological polar surface area (TPSA) is 49.8 Å². The lowest BCUT2D eigenvalue weighted by atomic mass is 10.1. The van der Waals surface area contributed by atoms with Gasteiger partial charge in [-0.2, -0.15) is 0 Å². The maximum Gasteiger partial charge on any atom is 0.162 e. The van der Waals surface area contributed by atoms with Crippen LogP contribution in [0.1, 0.15) is 12.8 Å². The van der Waals surface area contributed by atoms with Gasteiger partial charge in [0.1, 0.15) is 5.82 Å². The van der Waals surface area contributed by atoms with Crippen LogP contribution in [0.3, 0.4) is 0 Å². The van der Waals surface area contributed by atoms with Crippen molar-refractivity contribution in [1.29, 1.82) is 0 Å². The molecule has 1 aliphatic heterocycles. The van der Waals surface area contributed by atoms with E-state index < -0.39 is 0 Å². The van der Waals surface area contributed by atoms with Gasteiger partial charge in [0, 0.05) is 23.2 Å². The summed E-state index contributed by atoms with van der Waals surface area (Å²) in [4.78, 5) is 9.58. The number of aromatic nitrogens is 2. The number of nitrogens with zero attached hydrogens (tertiary/aromatic N) is 2. The molecule has 0 aliphatic carbocycles. The van der Waals surface area contributed by atoms with Crippen LogP contribution >= 0.6 is 0 Å². The first-order valence-electron chi connectivity index (χ1n) is 8.86. The molecule has 2 heterocycles. The molecule has 0 unspecified atom stereocenters. The molecule has 0 atom stereocenters. The van der Waals surface area contributed by atoms with Gasteiger partial charge in [-0.05, 0) is 25.9 Å². The third kappa shape index (κ3) is 3.86. The molecule has 126 valence electrons. The summed E-state index contributed by atoms with van der Waals surface area (Å²) in [5.74, 6) is 1.66. The highest BCUT2D eigenvalue weighted by molar-refractivity contribution is 5.67. The minimum Gasteiger partial charge on any atom is -0.367 e. The molecule has 1 saturated heterocycles. The second-order valence-electron chi connectivity index (χ2n) is 6.36. The smallest absolute Gasteiger partial charge is 0.162 e. The van der Waals surface area contributed by atoms with Crippen LogP contribution in [0.5, 0.6) is 0 Å². The SMILES string of the molecule is c1ccc(-c2cc(NC3CCNCC3)nc(-c3ccccc3)n2)cc1. The molecule has 0 amide bonds. The number of benzene rings is 2. The Kier molecular flexibility index (Phi) is 4.70. The quantitative estimate of drug-likeness (QED) is 0.760. The predicted molar refractivity (Wildman–Crippen MR) is 102 cm³/mol. The first kappa shape index (κ1) is 15.8. The summed E-state index contributed by atoms with van der Waals surface area (Å²) in [6.45, 7) is 2.11. The van der Waals surface area contributed by atoms with Gasteiger partial charge < -0.3 is 10.6 Å². The first-order chi connectivity index (χ1) is 12.4. The molecule has 3 aromatic rings. The lowest BCUT2D eigenvalue weighted by molar-refractivity contribution is 0.478. The highest BCUT2D eigenvalue weighted by atomic mass is 15.1. The summed E-state index contributed by atoms with van der Waals surface area (Å²) in [7, 11) is 0. The fourth-order valence-electron chi connectivity index (χ4n) is 3.17. The van der Waals surface area contributed by atoms with Crippen LogP contribution < -0.4 is 10.6 Å². The molecular weight excluding hydrogens is 308 g/mol. The van der Waals surface area contributed by atoms with E-state index in [9.17, 15) is 0 Å². The fourth-order valence-corrected chi connectivity index (χ4v) is 3.17. The summed E-state index contributed by atoms with van der Waals surface area (Å²) in [5.41, 5.74) is 3.09. The highest BCUT2D eigenvalue weighted by Gasteiger charge is 2.15. The Hall–Kier alpha value is -2.72. The molecule has 0 saturated carbocycles. The molecular formula is C21H22N4. The molecule has 4 heteroatoms. The number of hydrogen-bond acceptors (Lipinski definition) is 4. The Morgan fingerprint density at radius 2 is 1.44 bits per heavy atom. The zero-order valence-corrected chi connectivity index (χ0v) is 14.2. The van der Waals surface area contributed by atoms with Gasteiger partial charge in [0.25, 0.3) is 0 Å². The van der Waals surface area contributed by atoms with Crippen LogP contribution in [0.4, 0.5) is 5.82 Å². The van der Waals surface area contributed by atoms with E-state index in [1.165, 1.54) is 0 Å². The summed E-state index contributed by atoms with van der Waals surface area (Å²) in [5, 5.41) is 7.01. The van der Waals surface area contributed by atoms with E-state index in [2.05, 4.69) is 41.0 Å². The van der Waals surface area contributed by atoms with Crippen LogP contribution in [0, 0.1) is 0 Å². The van der Waals surface area contributed by atoms with Gasteiger partial charge in [-0.3, -0.25) is 0 Å². The lowest BCUT2D eigenvalue weighted by Crippen LogP contribution is -2.35. The minimum absolute atomic E-state index is 0.461. The van der Waals surface area contributed by atoms with Crippen molar-refractivity contribution in [2.45, 2.75) is 18.9 Å². The Balaban J connectivity index is 1.72. The predicted octanol–water partition coefficient (Wildman–Crippen LogP) is 3.97. The molecule has 4 rings (SSSR count). The number of nitrogens with one attached hydrogen (secondary N) is 2. The normalized spacial score (nSPS) is 15.0. The third-order valence-electron chi connectivity index (χ3n) is 4.52. The largest absolute Gasteiger partial charge is 0.367 e. The molecule has 0 spiro atoms. The average molecular weight is 330 g/mol. The van der Waals surface area contributed by atoms with Gasteiger partial charge in [-0.1, -0.05) is 60.7 Å². The minimum atomic E-state index is 0.461. The Morgan fingerprint density at radius 3 is 2.12 bits per heavy atom. The molecule has 0 radical (unpaired) electrons. The van der Waals surface area contributed by atoms with Gasteiger partial charge >= 0.3 is 0 Å². The van der Waals surface area contributed by atoms with Gasteiger partial charge in [-0.15, -0.1) is 0 Å². The van der Waals surface area contributed by atoms with E-state index in [-0.39, 0.29) is 0 Å². The van der Waals surface area contributed by atoms with Crippen molar-refractivity contribution in [3.63, 3.8) is 0 Å². The van der Waals surface area contributed by atoms with Gasteiger partial charge in [-0.25, -0.2) is 9.97 Å². The Morgan fingerprint density at radius 1 is 0.800 bits per heavy atom. The number of piperidine rings is 1. The molecule has 2 aromatic carbocycles. The number of rotatable bonds is 4. The van der Waals surface area contributed by atoms with Crippen molar-refractivity contribution in [3.8, 4) is 22.6 Å². The highest BCUT2D eigenvalue weighted by Crippen LogP contribution is 2.25. The maximum absolute atomic E-state index is 4.80. The van der Waals surface area contributed by atoms with Crippen molar-refractivity contribution < 1.29 is 0 Å². The van der Waals surface area contributed by atoms with E-state index in [0.29, 0.717) is 6.04 Å². The van der Waals surface area contributed by atoms with Gasteiger partial charge in [0.05, 0.1) is 5.69 Å². The van der Waals surface area contributed by atoms with Crippen LogP contribution in [0.2, 0.25) is 0 Å². The van der Waals surface area contributed by atoms with Crippen molar-refractivity contribution in [1.82, 2.24) is 15.3 Å². The average Bonchev–Trinajstić information content (AvgIpc) is 2.70. The second kappa shape index (κ2) is 7.45. The van der Waals surface area contributed by atoms with E-state index in [1.54, 1.807) is 0 Å². The fraction of sp³-hybridized carbons (Fsp3) is 0.238. The van der Waals surface area contributed by atoms with Crippen molar-refractivity contribution in [2.75, 3.05) is 18.4 Å². The van der Waals surface area contributed by atoms with E-state index in [0.717, 1.165) is 54.4 Å². The monoisotopic (exact) mass is 330 g/mol. The van der Waals surface area contributed by atoms with Crippen LogP contribution in [-0.4, -0.2) is 29.1 Å². The molecule has 2 N–H and O–H groups in total. The third-order valence-corrected chi connectivity index (χ3v) is 4.52. The number of hydrogen-bond donors (Lipinski definition) is 2. The molecule has 4 nitrogen and oxygen atoms in total. The Labute approximate surface area is 148 Å². The molecule has 1 aliphatic rings. The van der Waals surface area contributed by atoms with Crippen molar-refractivity contribution in [2.24, 2.45) is 0 Å². The molecule has 1 aromatic heterocycles. The standard InChI is InChI=1S/C21H22N4/c1-3-7-16(8-4-1)19-15-20(23-18-11-13-22-14-12-18)25-21(24-19)17-9-5-2-6-10-17/h1-10,15,18,22H,11-14H2,(H,23,24,25). The van der Waals surface area contributed by atoms with E-state index in [1.807, 2.05) is 36.4 Å². The second-order valence-corrected chi connectivity index (χ2v) is 6.36. The van der Waals surface area contributed by atoms with Gasteiger partial charge in [0.15, 0.2) is 5.82 Å². The maximum atomic E-state index is 4.80. The zero-order chi connectivity index (χ0) is 16.9. The Bertz CT molecular complexity index is 754. The molecule has 0 bridgehead atoms. The van der Waals surface area contributed by atoms with E-state index in [4.69, 9.17) is 9.97 Å².